The number of halogens is 1. The van der Waals surface area contributed by atoms with E-state index in [2.05, 4.69) is 15.9 Å². The summed E-state index contributed by atoms with van der Waals surface area (Å²) < 4.78 is 6.44. The molecular weight excluding hydrogens is 282 g/mol. The van der Waals surface area contributed by atoms with E-state index < -0.39 is 0 Å². The van der Waals surface area contributed by atoms with Gasteiger partial charge in [-0.15, -0.1) is 0 Å². The number of anilines is 1. The van der Waals surface area contributed by atoms with Crippen LogP contribution in [0.3, 0.4) is 0 Å². The van der Waals surface area contributed by atoms with Crippen molar-refractivity contribution in [3.63, 3.8) is 0 Å². The Balaban J connectivity index is 2.32. The molecule has 2 aromatic rings. The molecule has 2 N–H and O–H groups in total. The molecule has 0 saturated heterocycles. The third-order valence-electron chi connectivity index (χ3n) is 2.18. The van der Waals surface area contributed by atoms with Crippen LogP contribution in [-0.2, 0) is 0 Å². The summed E-state index contributed by atoms with van der Waals surface area (Å²) in [5, 5.41) is 0. The molecule has 0 fully saturated rings. The molecule has 0 amide bonds. The lowest BCUT2D eigenvalue weighted by Gasteiger charge is -2.08. The first-order valence-electron chi connectivity index (χ1n) is 4.97. The second-order valence-electron chi connectivity index (χ2n) is 3.47. The SMILES string of the molecule is Nc1cccc(Oc2ccc(Br)cc2C=O)c1. The first-order chi connectivity index (χ1) is 8.19. The summed E-state index contributed by atoms with van der Waals surface area (Å²) in [5.74, 6) is 1.12. The maximum atomic E-state index is 10.9. The molecule has 0 aromatic heterocycles. The zero-order chi connectivity index (χ0) is 12.3. The predicted octanol–water partition coefficient (Wildman–Crippen LogP) is 3.64. The molecule has 0 unspecified atom stereocenters. The van der Waals surface area contributed by atoms with Crippen molar-refractivity contribution in [1.82, 2.24) is 0 Å². The second kappa shape index (κ2) is 5.01. The van der Waals surface area contributed by atoms with Crippen LogP contribution in [0, 0.1) is 0 Å². The van der Waals surface area contributed by atoms with Gasteiger partial charge in [0.25, 0.3) is 0 Å². The second-order valence-corrected chi connectivity index (χ2v) is 4.39. The van der Waals surface area contributed by atoms with E-state index in [-0.39, 0.29) is 0 Å². The van der Waals surface area contributed by atoms with Gasteiger partial charge >= 0.3 is 0 Å². The van der Waals surface area contributed by atoms with E-state index >= 15 is 0 Å². The fourth-order valence-corrected chi connectivity index (χ4v) is 1.79. The van der Waals surface area contributed by atoms with Gasteiger partial charge < -0.3 is 10.5 Å². The number of benzene rings is 2. The molecule has 0 radical (unpaired) electrons. The number of nitrogen functional groups attached to an aromatic ring is 1. The van der Waals surface area contributed by atoms with Gasteiger partial charge in [-0.25, -0.2) is 0 Å². The zero-order valence-corrected chi connectivity index (χ0v) is 10.5. The molecule has 2 rings (SSSR count). The van der Waals surface area contributed by atoms with Gasteiger partial charge in [0.15, 0.2) is 6.29 Å². The Hall–Kier alpha value is -1.81. The molecule has 3 nitrogen and oxygen atoms in total. The number of nitrogens with two attached hydrogens (primary N) is 1. The van der Waals surface area contributed by atoms with Crippen molar-refractivity contribution in [2.75, 3.05) is 5.73 Å². The highest BCUT2D eigenvalue weighted by molar-refractivity contribution is 9.10. The highest BCUT2D eigenvalue weighted by Gasteiger charge is 2.05. The Morgan fingerprint density at radius 1 is 1.18 bits per heavy atom. The van der Waals surface area contributed by atoms with E-state index in [1.165, 1.54) is 0 Å². The molecular formula is C13H10BrNO2. The van der Waals surface area contributed by atoms with Crippen LogP contribution >= 0.6 is 15.9 Å². The van der Waals surface area contributed by atoms with E-state index in [0.29, 0.717) is 22.7 Å². The summed E-state index contributed by atoms with van der Waals surface area (Å²) in [6.45, 7) is 0. The number of aldehydes is 1. The molecule has 0 aliphatic heterocycles. The first-order valence-corrected chi connectivity index (χ1v) is 5.76. The van der Waals surface area contributed by atoms with Crippen LogP contribution in [0.5, 0.6) is 11.5 Å². The summed E-state index contributed by atoms with van der Waals surface area (Å²) in [6.07, 6.45) is 0.756. The Labute approximate surface area is 107 Å². The van der Waals surface area contributed by atoms with Crippen molar-refractivity contribution in [2.24, 2.45) is 0 Å². The lowest BCUT2D eigenvalue weighted by Crippen LogP contribution is -1.91. The summed E-state index contributed by atoms with van der Waals surface area (Å²) in [5.41, 5.74) is 6.76. The van der Waals surface area contributed by atoms with Crippen LogP contribution in [-0.4, -0.2) is 6.29 Å². The van der Waals surface area contributed by atoms with Gasteiger partial charge in [-0.1, -0.05) is 22.0 Å². The minimum Gasteiger partial charge on any atom is -0.457 e. The highest BCUT2D eigenvalue weighted by Crippen LogP contribution is 2.27. The predicted molar refractivity (Wildman–Crippen MR) is 70.5 cm³/mol. The number of carbonyl (C=O) groups excluding carboxylic acids is 1. The molecule has 0 atom stereocenters. The van der Waals surface area contributed by atoms with Crippen molar-refractivity contribution in [3.05, 3.63) is 52.5 Å². The van der Waals surface area contributed by atoms with Crippen LogP contribution < -0.4 is 10.5 Å². The molecule has 0 bridgehead atoms. The fourth-order valence-electron chi connectivity index (χ4n) is 1.41. The number of rotatable bonds is 3. The van der Waals surface area contributed by atoms with Gasteiger partial charge in [-0.05, 0) is 30.3 Å². The lowest BCUT2D eigenvalue weighted by molar-refractivity contribution is 0.112. The summed E-state index contributed by atoms with van der Waals surface area (Å²) in [4.78, 5) is 10.9. The molecule has 0 saturated carbocycles. The summed E-state index contributed by atoms with van der Waals surface area (Å²) in [6, 6.07) is 12.3. The van der Waals surface area contributed by atoms with E-state index in [1.54, 1.807) is 36.4 Å². The smallest absolute Gasteiger partial charge is 0.153 e. The van der Waals surface area contributed by atoms with Gasteiger partial charge in [0, 0.05) is 16.2 Å². The van der Waals surface area contributed by atoms with Crippen molar-refractivity contribution in [3.8, 4) is 11.5 Å². The molecule has 4 heteroatoms. The van der Waals surface area contributed by atoms with E-state index in [1.807, 2.05) is 6.07 Å². The maximum absolute atomic E-state index is 10.9. The third-order valence-corrected chi connectivity index (χ3v) is 2.68. The molecule has 17 heavy (non-hydrogen) atoms. The fraction of sp³-hybridized carbons (Fsp3) is 0. The van der Waals surface area contributed by atoms with E-state index in [0.717, 1.165) is 10.8 Å². The number of hydrogen-bond acceptors (Lipinski definition) is 3. The van der Waals surface area contributed by atoms with Crippen LogP contribution in [0.15, 0.2) is 46.9 Å². The lowest BCUT2D eigenvalue weighted by atomic mass is 10.2. The number of carbonyl (C=O) groups is 1. The Bertz CT molecular complexity index is 555. The van der Waals surface area contributed by atoms with Crippen molar-refractivity contribution < 1.29 is 9.53 Å². The average Bonchev–Trinajstić information content (AvgIpc) is 2.31. The minimum absolute atomic E-state index is 0.488. The zero-order valence-electron chi connectivity index (χ0n) is 8.89. The Morgan fingerprint density at radius 3 is 2.71 bits per heavy atom. The van der Waals surface area contributed by atoms with Crippen molar-refractivity contribution >= 4 is 27.9 Å². The van der Waals surface area contributed by atoms with Crippen LogP contribution in [0.2, 0.25) is 0 Å². The topological polar surface area (TPSA) is 52.3 Å². The Morgan fingerprint density at radius 2 is 2.00 bits per heavy atom. The average molecular weight is 292 g/mol. The van der Waals surface area contributed by atoms with Crippen molar-refractivity contribution in [2.45, 2.75) is 0 Å². The number of ether oxygens (including phenoxy) is 1. The monoisotopic (exact) mass is 291 g/mol. The van der Waals surface area contributed by atoms with Gasteiger partial charge in [0.1, 0.15) is 11.5 Å². The normalized spacial score (nSPS) is 9.94. The molecule has 0 aliphatic rings. The molecule has 0 heterocycles. The minimum atomic E-state index is 0.488. The largest absolute Gasteiger partial charge is 0.457 e. The van der Waals surface area contributed by atoms with E-state index in [9.17, 15) is 4.79 Å². The maximum Gasteiger partial charge on any atom is 0.153 e. The van der Waals surface area contributed by atoms with E-state index in [4.69, 9.17) is 10.5 Å². The Kier molecular flexibility index (Phi) is 3.44. The molecule has 0 spiro atoms. The molecule has 0 aliphatic carbocycles. The van der Waals surface area contributed by atoms with Crippen LogP contribution in [0.1, 0.15) is 10.4 Å². The van der Waals surface area contributed by atoms with Gasteiger partial charge in [-0.3, -0.25) is 4.79 Å². The van der Waals surface area contributed by atoms with Gasteiger partial charge in [0.05, 0.1) is 5.56 Å². The third kappa shape index (κ3) is 2.85. The highest BCUT2D eigenvalue weighted by atomic mass is 79.9. The molecule has 86 valence electrons. The van der Waals surface area contributed by atoms with Gasteiger partial charge in [-0.2, -0.15) is 0 Å². The summed E-state index contributed by atoms with van der Waals surface area (Å²) >= 11 is 3.30. The first kappa shape index (κ1) is 11.7. The quantitative estimate of drug-likeness (QED) is 0.694. The van der Waals surface area contributed by atoms with Crippen LogP contribution in [0.25, 0.3) is 0 Å². The molecule has 2 aromatic carbocycles. The number of hydrogen-bond donors (Lipinski definition) is 1. The summed E-state index contributed by atoms with van der Waals surface area (Å²) in [7, 11) is 0. The standard InChI is InChI=1S/C13H10BrNO2/c14-10-4-5-13(9(6-10)8-16)17-12-3-1-2-11(15)7-12/h1-8H,15H2. The van der Waals surface area contributed by atoms with Crippen molar-refractivity contribution in [1.29, 1.82) is 0 Å². The van der Waals surface area contributed by atoms with Gasteiger partial charge in [0.2, 0.25) is 0 Å². The van der Waals surface area contributed by atoms with Crippen LogP contribution in [0.4, 0.5) is 5.69 Å².